The molecule has 0 unspecified atom stereocenters. The molecule has 0 atom stereocenters. The highest BCUT2D eigenvalue weighted by molar-refractivity contribution is 7.11. The highest BCUT2D eigenvalue weighted by Crippen LogP contribution is 2.17. The molecular formula is C19H28N4OS. The number of guanidine groups is 1. The van der Waals surface area contributed by atoms with Crippen LogP contribution in [0.25, 0.3) is 0 Å². The van der Waals surface area contributed by atoms with Crippen molar-refractivity contribution in [3.8, 4) is 5.75 Å². The molecule has 25 heavy (non-hydrogen) atoms. The maximum absolute atomic E-state index is 5.18. The topological polar surface area (TPSA) is 58.5 Å². The Labute approximate surface area is 154 Å². The lowest BCUT2D eigenvalue weighted by molar-refractivity contribution is 0.414. The zero-order chi connectivity index (χ0) is 18.1. The first-order chi connectivity index (χ1) is 12.1. The van der Waals surface area contributed by atoms with Crippen molar-refractivity contribution in [1.82, 2.24) is 15.6 Å². The molecule has 0 fully saturated rings. The number of benzene rings is 1. The van der Waals surface area contributed by atoms with Gasteiger partial charge in [0.15, 0.2) is 5.96 Å². The number of aryl methyl sites for hydroxylation is 3. The lowest BCUT2D eigenvalue weighted by atomic mass is 10.1. The third kappa shape index (κ3) is 6.38. The number of hydrogen-bond donors (Lipinski definition) is 2. The second-order valence-electron chi connectivity index (χ2n) is 5.82. The molecule has 0 saturated heterocycles. The molecule has 0 bridgehead atoms. The van der Waals surface area contributed by atoms with Crippen LogP contribution in [0.5, 0.6) is 5.75 Å². The Bertz CT molecular complexity index is 660. The standard InChI is InChI=1S/C19H28N4OS/c1-5-20-19(22-13-18-23-14(2)15(3)25-18)21-12-6-7-16-8-10-17(24-4)11-9-16/h8-11H,5-7,12-13H2,1-4H3,(H2,20,21,22). The fraction of sp³-hybridized carbons (Fsp3) is 0.474. The maximum Gasteiger partial charge on any atom is 0.191 e. The lowest BCUT2D eigenvalue weighted by Crippen LogP contribution is -2.37. The Morgan fingerprint density at radius 3 is 2.56 bits per heavy atom. The van der Waals surface area contributed by atoms with Gasteiger partial charge in [-0.15, -0.1) is 11.3 Å². The summed E-state index contributed by atoms with van der Waals surface area (Å²) in [4.78, 5) is 10.4. The highest BCUT2D eigenvalue weighted by atomic mass is 32.1. The maximum atomic E-state index is 5.18. The van der Waals surface area contributed by atoms with Crippen molar-refractivity contribution in [1.29, 1.82) is 0 Å². The van der Waals surface area contributed by atoms with Gasteiger partial charge in [-0.1, -0.05) is 12.1 Å². The summed E-state index contributed by atoms with van der Waals surface area (Å²) in [5.74, 6) is 1.75. The van der Waals surface area contributed by atoms with Gasteiger partial charge in [-0.3, -0.25) is 0 Å². The molecule has 0 saturated carbocycles. The van der Waals surface area contributed by atoms with Crippen LogP contribution in [-0.2, 0) is 13.0 Å². The molecule has 2 rings (SSSR count). The molecule has 1 aromatic heterocycles. The number of rotatable bonds is 8. The van der Waals surface area contributed by atoms with Crippen LogP contribution < -0.4 is 15.4 Å². The second-order valence-corrected chi connectivity index (χ2v) is 7.11. The van der Waals surface area contributed by atoms with Crippen LogP contribution in [0.3, 0.4) is 0 Å². The van der Waals surface area contributed by atoms with E-state index in [1.807, 2.05) is 19.1 Å². The van der Waals surface area contributed by atoms with Crippen LogP contribution in [0.15, 0.2) is 29.3 Å². The van der Waals surface area contributed by atoms with Gasteiger partial charge in [-0.2, -0.15) is 0 Å². The van der Waals surface area contributed by atoms with E-state index in [9.17, 15) is 0 Å². The van der Waals surface area contributed by atoms with Crippen molar-refractivity contribution < 1.29 is 4.74 Å². The Balaban J connectivity index is 1.78. The van der Waals surface area contributed by atoms with Gasteiger partial charge in [0.05, 0.1) is 19.3 Å². The summed E-state index contributed by atoms with van der Waals surface area (Å²) in [6, 6.07) is 8.25. The van der Waals surface area contributed by atoms with Crippen molar-refractivity contribution >= 4 is 17.3 Å². The Morgan fingerprint density at radius 1 is 1.20 bits per heavy atom. The van der Waals surface area contributed by atoms with Crippen LogP contribution in [0.1, 0.15) is 34.5 Å². The SMILES string of the molecule is CCNC(=NCc1nc(C)c(C)s1)NCCCc1ccc(OC)cc1. The van der Waals surface area contributed by atoms with Gasteiger partial charge in [0, 0.05) is 18.0 Å². The predicted octanol–water partition coefficient (Wildman–Crippen LogP) is 3.46. The molecule has 0 aliphatic carbocycles. The normalized spacial score (nSPS) is 11.4. The largest absolute Gasteiger partial charge is 0.497 e. The number of aliphatic imine (C=N–C) groups is 1. The van der Waals surface area contributed by atoms with Crippen molar-refractivity contribution in [3.05, 3.63) is 45.4 Å². The quantitative estimate of drug-likeness (QED) is 0.430. The van der Waals surface area contributed by atoms with E-state index >= 15 is 0 Å². The Morgan fingerprint density at radius 2 is 1.96 bits per heavy atom. The van der Waals surface area contributed by atoms with Crippen LogP contribution in [0, 0.1) is 13.8 Å². The van der Waals surface area contributed by atoms with Crippen LogP contribution in [0.2, 0.25) is 0 Å². The molecule has 2 N–H and O–H groups in total. The number of aromatic nitrogens is 1. The molecule has 0 spiro atoms. The van der Waals surface area contributed by atoms with E-state index in [4.69, 9.17) is 4.74 Å². The summed E-state index contributed by atoms with van der Waals surface area (Å²) in [7, 11) is 1.69. The van der Waals surface area contributed by atoms with Crippen molar-refractivity contribution in [3.63, 3.8) is 0 Å². The van der Waals surface area contributed by atoms with E-state index in [1.165, 1.54) is 10.4 Å². The molecule has 136 valence electrons. The van der Waals surface area contributed by atoms with E-state index in [0.717, 1.165) is 48.3 Å². The zero-order valence-electron chi connectivity index (χ0n) is 15.6. The number of thiazole rings is 1. The van der Waals surface area contributed by atoms with Gasteiger partial charge < -0.3 is 15.4 Å². The predicted molar refractivity (Wildman–Crippen MR) is 106 cm³/mol. The molecule has 1 aromatic carbocycles. The second kappa shape index (κ2) is 10.0. The first kappa shape index (κ1) is 19.2. The fourth-order valence-electron chi connectivity index (χ4n) is 2.39. The first-order valence-electron chi connectivity index (χ1n) is 8.70. The highest BCUT2D eigenvalue weighted by Gasteiger charge is 2.04. The van der Waals surface area contributed by atoms with Gasteiger partial charge in [-0.25, -0.2) is 9.98 Å². The zero-order valence-corrected chi connectivity index (χ0v) is 16.4. The lowest BCUT2D eigenvalue weighted by Gasteiger charge is -2.11. The molecule has 0 radical (unpaired) electrons. The Kier molecular flexibility index (Phi) is 7.73. The molecular weight excluding hydrogens is 332 g/mol. The molecule has 0 aliphatic rings. The van der Waals surface area contributed by atoms with Gasteiger partial charge in [0.2, 0.25) is 0 Å². The minimum atomic E-state index is 0.618. The van der Waals surface area contributed by atoms with Crippen LogP contribution in [0.4, 0.5) is 0 Å². The number of nitrogens with zero attached hydrogens (tertiary/aromatic N) is 2. The minimum absolute atomic E-state index is 0.618. The van der Waals surface area contributed by atoms with E-state index in [1.54, 1.807) is 18.4 Å². The molecule has 1 heterocycles. The van der Waals surface area contributed by atoms with Gasteiger partial charge in [0.1, 0.15) is 10.8 Å². The van der Waals surface area contributed by atoms with Crippen molar-refractivity contribution in [2.75, 3.05) is 20.2 Å². The summed E-state index contributed by atoms with van der Waals surface area (Å²) in [5.41, 5.74) is 2.42. The number of ether oxygens (including phenoxy) is 1. The monoisotopic (exact) mass is 360 g/mol. The summed E-state index contributed by atoms with van der Waals surface area (Å²) in [6.07, 6.45) is 2.08. The van der Waals surface area contributed by atoms with Crippen molar-refractivity contribution in [2.45, 2.75) is 40.2 Å². The van der Waals surface area contributed by atoms with Gasteiger partial charge in [-0.05, 0) is 51.3 Å². The van der Waals surface area contributed by atoms with Crippen LogP contribution in [-0.4, -0.2) is 31.1 Å². The minimum Gasteiger partial charge on any atom is -0.497 e. The molecule has 6 heteroatoms. The molecule has 0 amide bonds. The summed E-state index contributed by atoms with van der Waals surface area (Å²) < 4.78 is 5.18. The number of hydrogen-bond acceptors (Lipinski definition) is 4. The average Bonchev–Trinajstić information content (AvgIpc) is 2.95. The third-order valence-corrected chi connectivity index (χ3v) is 4.94. The fourth-order valence-corrected chi connectivity index (χ4v) is 3.25. The van der Waals surface area contributed by atoms with Crippen molar-refractivity contribution in [2.24, 2.45) is 4.99 Å². The van der Waals surface area contributed by atoms with Gasteiger partial charge in [0.25, 0.3) is 0 Å². The number of methoxy groups -OCH3 is 1. The number of nitrogens with one attached hydrogen (secondary N) is 2. The molecule has 2 aromatic rings. The molecule has 0 aliphatic heterocycles. The van der Waals surface area contributed by atoms with E-state index in [0.29, 0.717) is 6.54 Å². The third-order valence-electron chi connectivity index (χ3n) is 3.88. The van der Waals surface area contributed by atoms with Crippen LogP contribution >= 0.6 is 11.3 Å². The summed E-state index contributed by atoms with van der Waals surface area (Å²) >= 11 is 1.72. The smallest absolute Gasteiger partial charge is 0.191 e. The van der Waals surface area contributed by atoms with Gasteiger partial charge >= 0.3 is 0 Å². The van der Waals surface area contributed by atoms with E-state index in [-0.39, 0.29) is 0 Å². The average molecular weight is 361 g/mol. The molecule has 5 nitrogen and oxygen atoms in total. The van der Waals surface area contributed by atoms with E-state index < -0.39 is 0 Å². The summed E-state index contributed by atoms with van der Waals surface area (Å²) in [5, 5.41) is 7.74. The van der Waals surface area contributed by atoms with E-state index in [2.05, 4.69) is 46.6 Å². The Hall–Kier alpha value is -2.08. The summed E-state index contributed by atoms with van der Waals surface area (Å²) in [6.45, 7) is 8.57. The first-order valence-corrected chi connectivity index (χ1v) is 9.52.